The largest absolute Gasteiger partial charge is 0.353 e. The molecule has 0 spiro atoms. The molecule has 1 N–H and O–H groups in total. The van der Waals surface area contributed by atoms with Crippen molar-refractivity contribution in [1.82, 2.24) is 14.5 Å². The molecule has 0 amide bonds. The Balaban J connectivity index is 2.73. The number of aromatic nitrogens is 2. The van der Waals surface area contributed by atoms with E-state index >= 15 is 0 Å². The Labute approximate surface area is 105 Å². The number of imidazole rings is 1. The molecule has 0 aliphatic heterocycles. The maximum Gasteiger partial charge on any atom is 0.203 e. The van der Waals surface area contributed by atoms with Crippen LogP contribution in [0, 0.1) is 6.92 Å². The van der Waals surface area contributed by atoms with Gasteiger partial charge in [-0.15, -0.1) is 0 Å². The van der Waals surface area contributed by atoms with Gasteiger partial charge in [0.05, 0.1) is 5.69 Å². The quantitative estimate of drug-likeness (QED) is 0.826. The first-order chi connectivity index (χ1) is 7.90. The molecule has 1 aromatic heterocycles. The van der Waals surface area contributed by atoms with Crippen molar-refractivity contribution >= 4 is 5.95 Å². The number of nitrogens with one attached hydrogen (secondary N) is 1. The van der Waals surface area contributed by atoms with Gasteiger partial charge in [-0.2, -0.15) is 0 Å². The predicted octanol–water partition coefficient (Wildman–Crippen LogP) is 2.52. The van der Waals surface area contributed by atoms with Crippen molar-refractivity contribution in [2.45, 2.75) is 46.2 Å². The van der Waals surface area contributed by atoms with Crippen LogP contribution in [0.5, 0.6) is 0 Å². The molecule has 1 heterocycles. The summed E-state index contributed by atoms with van der Waals surface area (Å²) in [6.45, 7) is 9.66. The molecule has 0 bridgehead atoms. The van der Waals surface area contributed by atoms with Crippen LogP contribution < -0.4 is 5.32 Å². The monoisotopic (exact) mass is 238 g/mol. The maximum atomic E-state index is 4.54. The van der Waals surface area contributed by atoms with E-state index in [9.17, 15) is 0 Å². The number of anilines is 1. The van der Waals surface area contributed by atoms with E-state index in [4.69, 9.17) is 0 Å². The minimum absolute atomic E-state index is 0.414. The van der Waals surface area contributed by atoms with Crippen LogP contribution in [0.2, 0.25) is 0 Å². The van der Waals surface area contributed by atoms with Crippen molar-refractivity contribution in [3.8, 4) is 0 Å². The summed E-state index contributed by atoms with van der Waals surface area (Å²) in [7, 11) is 4.22. The molecule has 17 heavy (non-hydrogen) atoms. The Morgan fingerprint density at radius 1 is 1.35 bits per heavy atom. The number of hydrogen-bond acceptors (Lipinski definition) is 3. The molecule has 4 nitrogen and oxygen atoms in total. The van der Waals surface area contributed by atoms with Crippen LogP contribution >= 0.6 is 0 Å². The minimum atomic E-state index is 0.414. The molecule has 1 aromatic rings. The average molecular weight is 238 g/mol. The molecular formula is C13H26N4. The first-order valence-electron chi connectivity index (χ1n) is 6.37. The molecule has 0 saturated heterocycles. The van der Waals surface area contributed by atoms with E-state index in [1.807, 2.05) is 6.92 Å². The summed E-state index contributed by atoms with van der Waals surface area (Å²) in [6.07, 6.45) is 3.26. The van der Waals surface area contributed by atoms with Gasteiger partial charge in [0.1, 0.15) is 0 Å². The number of hydrogen-bond donors (Lipinski definition) is 1. The van der Waals surface area contributed by atoms with E-state index in [1.54, 1.807) is 0 Å². The fourth-order valence-corrected chi connectivity index (χ4v) is 1.80. The third-order valence-electron chi connectivity index (χ3n) is 2.74. The van der Waals surface area contributed by atoms with Gasteiger partial charge in [0, 0.05) is 18.3 Å². The highest BCUT2D eigenvalue weighted by Crippen LogP contribution is 2.19. The first kappa shape index (κ1) is 14.0. The second-order valence-corrected chi connectivity index (χ2v) is 5.35. The third-order valence-corrected chi connectivity index (χ3v) is 2.74. The maximum absolute atomic E-state index is 4.54. The lowest BCUT2D eigenvalue weighted by Crippen LogP contribution is -2.20. The topological polar surface area (TPSA) is 33.1 Å². The van der Waals surface area contributed by atoms with Gasteiger partial charge < -0.3 is 14.8 Å². The fraction of sp³-hybridized carbons (Fsp3) is 0.769. The van der Waals surface area contributed by atoms with Crippen molar-refractivity contribution in [3.05, 3.63) is 11.9 Å². The lowest BCUT2D eigenvalue weighted by molar-refractivity contribution is 0.358. The number of aryl methyl sites for hydroxylation is 1. The van der Waals surface area contributed by atoms with Crippen LogP contribution in [0.3, 0.4) is 0 Å². The second-order valence-electron chi connectivity index (χ2n) is 5.35. The summed E-state index contributed by atoms with van der Waals surface area (Å²) >= 11 is 0. The standard InChI is InChI=1S/C13H26N4/c1-10(2)14-13-15-11(3)9-17(13)12(4)7-8-16(5)6/h9-10,12H,7-8H2,1-6H3,(H,14,15). The average Bonchev–Trinajstić information content (AvgIpc) is 2.54. The molecule has 1 unspecified atom stereocenters. The Bertz CT molecular complexity index is 341. The smallest absolute Gasteiger partial charge is 0.203 e. The summed E-state index contributed by atoms with van der Waals surface area (Å²) in [4.78, 5) is 6.76. The van der Waals surface area contributed by atoms with Gasteiger partial charge in [0.2, 0.25) is 5.95 Å². The Hall–Kier alpha value is -1.03. The molecule has 1 atom stereocenters. The van der Waals surface area contributed by atoms with Gasteiger partial charge >= 0.3 is 0 Å². The van der Waals surface area contributed by atoms with Crippen LogP contribution in [0.25, 0.3) is 0 Å². The molecule has 1 rings (SSSR count). The van der Waals surface area contributed by atoms with E-state index in [1.165, 1.54) is 0 Å². The summed E-state index contributed by atoms with van der Waals surface area (Å²) in [5.41, 5.74) is 1.07. The van der Waals surface area contributed by atoms with Gasteiger partial charge in [0.25, 0.3) is 0 Å². The van der Waals surface area contributed by atoms with Crippen LogP contribution in [-0.2, 0) is 0 Å². The Morgan fingerprint density at radius 2 is 2.00 bits per heavy atom. The van der Waals surface area contributed by atoms with Gasteiger partial charge in [-0.1, -0.05) is 0 Å². The summed E-state index contributed by atoms with van der Waals surface area (Å²) in [6, 6.07) is 0.886. The van der Waals surface area contributed by atoms with E-state index < -0.39 is 0 Å². The molecule has 0 saturated carbocycles. The Morgan fingerprint density at radius 3 is 2.53 bits per heavy atom. The van der Waals surface area contributed by atoms with Gasteiger partial charge in [0.15, 0.2) is 0 Å². The fourth-order valence-electron chi connectivity index (χ4n) is 1.80. The van der Waals surface area contributed by atoms with Gasteiger partial charge in [-0.25, -0.2) is 4.98 Å². The van der Waals surface area contributed by atoms with Crippen molar-refractivity contribution in [2.24, 2.45) is 0 Å². The van der Waals surface area contributed by atoms with Crippen molar-refractivity contribution in [2.75, 3.05) is 26.0 Å². The molecule has 4 heteroatoms. The Kier molecular flexibility index (Phi) is 5.00. The van der Waals surface area contributed by atoms with Crippen molar-refractivity contribution < 1.29 is 0 Å². The van der Waals surface area contributed by atoms with E-state index in [2.05, 4.69) is 60.8 Å². The SMILES string of the molecule is Cc1cn(C(C)CCN(C)C)c(NC(C)C)n1. The van der Waals surface area contributed by atoms with Crippen LogP contribution in [0.4, 0.5) is 5.95 Å². The molecule has 0 radical (unpaired) electrons. The highest BCUT2D eigenvalue weighted by molar-refractivity contribution is 5.30. The molecule has 0 aliphatic carbocycles. The highest BCUT2D eigenvalue weighted by atomic mass is 15.2. The third kappa shape index (κ3) is 4.38. The van der Waals surface area contributed by atoms with Crippen molar-refractivity contribution in [1.29, 1.82) is 0 Å². The van der Waals surface area contributed by atoms with E-state index in [-0.39, 0.29) is 0 Å². The van der Waals surface area contributed by atoms with E-state index in [0.717, 1.165) is 24.6 Å². The van der Waals surface area contributed by atoms with Crippen LogP contribution in [-0.4, -0.2) is 41.1 Å². The number of nitrogens with zero attached hydrogens (tertiary/aromatic N) is 3. The molecule has 0 aromatic carbocycles. The zero-order chi connectivity index (χ0) is 13.0. The molecule has 98 valence electrons. The lowest BCUT2D eigenvalue weighted by atomic mass is 10.2. The summed E-state index contributed by atoms with van der Waals surface area (Å²) in [5.74, 6) is 0.990. The van der Waals surface area contributed by atoms with Gasteiger partial charge in [-0.3, -0.25) is 0 Å². The van der Waals surface area contributed by atoms with Crippen LogP contribution in [0.1, 0.15) is 38.9 Å². The summed E-state index contributed by atoms with van der Waals surface area (Å²) < 4.78 is 2.25. The molecule has 0 aliphatic rings. The predicted molar refractivity (Wildman–Crippen MR) is 73.6 cm³/mol. The lowest BCUT2D eigenvalue weighted by Gasteiger charge is -2.20. The molecular weight excluding hydrogens is 212 g/mol. The minimum Gasteiger partial charge on any atom is -0.353 e. The van der Waals surface area contributed by atoms with Crippen LogP contribution in [0.15, 0.2) is 6.20 Å². The summed E-state index contributed by atoms with van der Waals surface area (Å²) in [5, 5.41) is 3.40. The molecule has 0 fully saturated rings. The normalized spacial score (nSPS) is 13.4. The van der Waals surface area contributed by atoms with Gasteiger partial charge in [-0.05, 0) is 54.8 Å². The number of rotatable bonds is 6. The zero-order valence-electron chi connectivity index (χ0n) is 12.0. The van der Waals surface area contributed by atoms with E-state index in [0.29, 0.717) is 12.1 Å². The van der Waals surface area contributed by atoms with Crippen molar-refractivity contribution in [3.63, 3.8) is 0 Å². The first-order valence-corrected chi connectivity index (χ1v) is 6.37. The highest BCUT2D eigenvalue weighted by Gasteiger charge is 2.12. The second kappa shape index (κ2) is 6.05. The zero-order valence-corrected chi connectivity index (χ0v) is 12.0.